The maximum Gasteiger partial charge on any atom is 0.410 e. The second kappa shape index (κ2) is 10.0. The Hall–Kier alpha value is -2.60. The van der Waals surface area contributed by atoms with E-state index in [1.165, 1.54) is 24.1 Å². The smallest absolute Gasteiger partial charge is 0.410 e. The lowest BCUT2D eigenvalue weighted by Gasteiger charge is -2.46. The van der Waals surface area contributed by atoms with Crippen LogP contribution in [0.5, 0.6) is 0 Å². The Labute approximate surface area is 219 Å². The minimum absolute atomic E-state index is 0.0284. The summed E-state index contributed by atoms with van der Waals surface area (Å²) in [4.78, 5) is 35.3. The number of hydrogen-bond donors (Lipinski definition) is 0. The number of ether oxygens (including phenoxy) is 1. The highest BCUT2D eigenvalue weighted by atomic mass is 35.5. The van der Waals surface area contributed by atoms with E-state index >= 15 is 0 Å². The second-order valence-electron chi connectivity index (χ2n) is 10.9. The summed E-state index contributed by atoms with van der Waals surface area (Å²) in [5, 5.41) is 0.599. The zero-order valence-electron chi connectivity index (χ0n) is 21.4. The minimum Gasteiger partial charge on any atom is -0.447 e. The van der Waals surface area contributed by atoms with Gasteiger partial charge in [0.1, 0.15) is 5.41 Å². The molecule has 0 aromatic heterocycles. The van der Waals surface area contributed by atoms with E-state index in [1.807, 2.05) is 43.0 Å². The first kappa shape index (κ1) is 25.1. The van der Waals surface area contributed by atoms with E-state index in [2.05, 4.69) is 6.58 Å². The van der Waals surface area contributed by atoms with E-state index in [9.17, 15) is 9.59 Å². The average molecular weight is 510 g/mol. The molecule has 1 aromatic carbocycles. The van der Waals surface area contributed by atoms with Crippen molar-refractivity contribution >= 4 is 35.0 Å². The number of halogens is 1. The maximum absolute atomic E-state index is 14.1. The maximum atomic E-state index is 14.1. The van der Waals surface area contributed by atoms with E-state index in [0.29, 0.717) is 30.6 Å². The highest BCUT2D eigenvalue weighted by Gasteiger charge is 2.59. The van der Waals surface area contributed by atoms with Crippen LogP contribution in [0.2, 0.25) is 5.02 Å². The van der Waals surface area contributed by atoms with Crippen molar-refractivity contribution in [3.63, 3.8) is 0 Å². The normalized spacial score (nSPS) is 22.7. The Balaban J connectivity index is 1.45. The van der Waals surface area contributed by atoms with Gasteiger partial charge in [-0.1, -0.05) is 23.7 Å². The first-order valence-corrected chi connectivity index (χ1v) is 13.7. The van der Waals surface area contributed by atoms with E-state index in [-0.39, 0.29) is 18.1 Å². The van der Waals surface area contributed by atoms with Crippen molar-refractivity contribution in [1.82, 2.24) is 4.90 Å². The number of hydrogen-bond acceptors (Lipinski definition) is 4. The van der Waals surface area contributed by atoms with Gasteiger partial charge in [0.15, 0.2) is 0 Å². The molecule has 1 aromatic rings. The van der Waals surface area contributed by atoms with E-state index in [4.69, 9.17) is 21.3 Å². The quantitative estimate of drug-likeness (QED) is 0.415. The van der Waals surface area contributed by atoms with Crippen molar-refractivity contribution in [2.24, 2.45) is 10.9 Å². The molecule has 0 N–H and O–H groups in total. The molecular formula is C29H36ClN3O3. The summed E-state index contributed by atoms with van der Waals surface area (Å²) in [5.41, 5.74) is 4.89. The number of nitrogens with zero attached hydrogens (tertiary/aromatic N) is 3. The van der Waals surface area contributed by atoms with E-state index in [0.717, 1.165) is 55.5 Å². The summed E-state index contributed by atoms with van der Waals surface area (Å²) >= 11 is 6.41. The SMILES string of the molecule is C=CCCC1CCC2=C(CCCC2)N=C1CN1C(=O)C2(CN(C(=O)OC(C)C)C2)c2ccc(Cl)cc21. The zero-order valence-corrected chi connectivity index (χ0v) is 22.1. The lowest BCUT2D eigenvalue weighted by atomic mass is 9.75. The van der Waals surface area contributed by atoms with Gasteiger partial charge in [0.2, 0.25) is 5.91 Å². The van der Waals surface area contributed by atoms with E-state index in [1.54, 1.807) is 4.90 Å². The molecule has 1 atom stereocenters. The van der Waals surface area contributed by atoms with Gasteiger partial charge in [-0.3, -0.25) is 9.79 Å². The van der Waals surface area contributed by atoms with Gasteiger partial charge < -0.3 is 14.5 Å². The predicted octanol–water partition coefficient (Wildman–Crippen LogP) is 6.43. The van der Waals surface area contributed by atoms with E-state index < -0.39 is 5.41 Å². The highest BCUT2D eigenvalue weighted by Crippen LogP contribution is 2.49. The molecule has 1 spiro atoms. The Bertz CT molecular complexity index is 1130. The number of allylic oxidation sites excluding steroid dienone is 3. The summed E-state index contributed by atoms with van der Waals surface area (Å²) in [6, 6.07) is 5.68. The van der Waals surface area contributed by atoms with Crippen LogP contribution in [0.3, 0.4) is 0 Å². The molecule has 0 radical (unpaired) electrons. The zero-order chi connectivity index (χ0) is 25.4. The molecule has 36 heavy (non-hydrogen) atoms. The third-order valence-electron chi connectivity index (χ3n) is 8.07. The fourth-order valence-electron chi connectivity index (χ4n) is 6.18. The van der Waals surface area contributed by atoms with Crippen LogP contribution in [0.25, 0.3) is 0 Å². The van der Waals surface area contributed by atoms with Crippen LogP contribution in [-0.4, -0.2) is 48.4 Å². The van der Waals surface area contributed by atoms with Crippen molar-refractivity contribution in [2.45, 2.75) is 76.7 Å². The molecule has 1 fully saturated rings. The summed E-state index contributed by atoms with van der Waals surface area (Å²) in [6.07, 6.45) is 10.1. The number of fused-ring (bicyclic) bond motifs is 2. The molecule has 0 bridgehead atoms. The van der Waals surface area contributed by atoms with Gasteiger partial charge in [0.05, 0.1) is 12.6 Å². The number of carbonyl (C=O) groups excluding carboxylic acids is 2. The van der Waals surface area contributed by atoms with Crippen molar-refractivity contribution in [3.05, 3.63) is 52.7 Å². The topological polar surface area (TPSA) is 62.2 Å². The molecule has 3 aliphatic heterocycles. The van der Waals surface area contributed by atoms with Crippen LogP contribution < -0.4 is 4.90 Å². The number of likely N-dealkylation sites (tertiary alicyclic amines) is 1. The van der Waals surface area contributed by atoms with Crippen LogP contribution in [0, 0.1) is 5.92 Å². The van der Waals surface area contributed by atoms with Gasteiger partial charge in [0, 0.05) is 35.2 Å². The molecular weight excluding hydrogens is 474 g/mol. The second-order valence-corrected chi connectivity index (χ2v) is 11.3. The van der Waals surface area contributed by atoms with Gasteiger partial charge >= 0.3 is 6.09 Å². The number of benzene rings is 1. The monoisotopic (exact) mass is 509 g/mol. The third kappa shape index (κ3) is 4.49. The summed E-state index contributed by atoms with van der Waals surface area (Å²) in [7, 11) is 0. The van der Waals surface area contributed by atoms with Gasteiger partial charge in [-0.2, -0.15) is 0 Å². The Morgan fingerprint density at radius 1 is 1.28 bits per heavy atom. The molecule has 0 saturated carbocycles. The number of rotatable bonds is 6. The van der Waals surface area contributed by atoms with Crippen LogP contribution >= 0.6 is 11.6 Å². The fraction of sp³-hybridized carbons (Fsp3) is 0.552. The Morgan fingerprint density at radius 3 is 2.81 bits per heavy atom. The molecule has 1 aliphatic carbocycles. The molecule has 2 amide bonds. The van der Waals surface area contributed by atoms with Crippen molar-refractivity contribution in [1.29, 1.82) is 0 Å². The minimum atomic E-state index is -0.743. The van der Waals surface area contributed by atoms with Gasteiger partial charge in [-0.25, -0.2) is 4.79 Å². The van der Waals surface area contributed by atoms with Crippen molar-refractivity contribution < 1.29 is 14.3 Å². The van der Waals surface area contributed by atoms with Crippen LogP contribution in [0.15, 0.2) is 47.1 Å². The Kier molecular flexibility index (Phi) is 6.99. The van der Waals surface area contributed by atoms with Crippen molar-refractivity contribution in [3.8, 4) is 0 Å². The summed E-state index contributed by atoms with van der Waals surface area (Å²) in [6.45, 7) is 8.69. The fourth-order valence-corrected chi connectivity index (χ4v) is 6.35. The predicted molar refractivity (Wildman–Crippen MR) is 144 cm³/mol. The molecule has 7 heteroatoms. The summed E-state index contributed by atoms with van der Waals surface area (Å²) in [5.74, 6) is 0.347. The Morgan fingerprint density at radius 2 is 2.06 bits per heavy atom. The highest BCUT2D eigenvalue weighted by molar-refractivity contribution is 6.31. The van der Waals surface area contributed by atoms with Gasteiger partial charge in [-0.15, -0.1) is 6.58 Å². The molecule has 6 nitrogen and oxygen atoms in total. The summed E-state index contributed by atoms with van der Waals surface area (Å²) < 4.78 is 5.37. The number of amides is 2. The molecule has 192 valence electrons. The molecule has 4 aliphatic rings. The lowest BCUT2D eigenvalue weighted by molar-refractivity contribution is -0.128. The van der Waals surface area contributed by atoms with Crippen LogP contribution in [0.4, 0.5) is 10.5 Å². The lowest BCUT2D eigenvalue weighted by Crippen LogP contribution is -2.65. The van der Waals surface area contributed by atoms with Crippen LogP contribution in [-0.2, 0) is 14.9 Å². The average Bonchev–Trinajstić information content (AvgIpc) is 2.93. The molecule has 1 unspecified atom stereocenters. The van der Waals surface area contributed by atoms with Crippen LogP contribution in [0.1, 0.15) is 70.8 Å². The van der Waals surface area contributed by atoms with Gasteiger partial charge in [-0.05, 0) is 94.4 Å². The van der Waals surface area contributed by atoms with Crippen molar-refractivity contribution in [2.75, 3.05) is 24.5 Å². The first-order chi connectivity index (χ1) is 17.3. The standard InChI is InChI=1S/C29H36ClN3O3/c1-4-5-8-21-12-11-20-9-6-7-10-24(20)31-25(21)16-33-26-15-22(30)13-14-23(26)29(27(33)34)17-32(18-29)28(35)36-19(2)3/h4,13-15,19,21H,1,5-12,16-18H2,2-3H3. The third-order valence-corrected chi connectivity index (χ3v) is 8.31. The molecule has 5 rings (SSSR count). The largest absolute Gasteiger partial charge is 0.447 e. The molecule has 3 heterocycles. The van der Waals surface area contributed by atoms with Gasteiger partial charge in [0.25, 0.3) is 0 Å². The number of aliphatic imine (C=N–C) groups is 1. The molecule has 1 saturated heterocycles. The number of carbonyl (C=O) groups is 2. The first-order valence-electron chi connectivity index (χ1n) is 13.3. The number of anilines is 1.